The Morgan fingerprint density at radius 1 is 0.338 bits per heavy atom. The van der Waals surface area contributed by atoms with Crippen LogP contribution in [0, 0.1) is 0 Å². The van der Waals surface area contributed by atoms with E-state index in [1.54, 1.807) is 0 Å². The van der Waals surface area contributed by atoms with Crippen LogP contribution in [0.5, 0.6) is 0 Å². The molecule has 0 aromatic rings. The molecule has 0 saturated carbocycles. The van der Waals surface area contributed by atoms with E-state index in [2.05, 4.69) is 87.6 Å². The van der Waals surface area contributed by atoms with Crippen LogP contribution in [-0.2, 0) is 28.6 Å². The van der Waals surface area contributed by atoms with Gasteiger partial charge in [-0.25, -0.2) is 0 Å². The quantitative estimate of drug-likeness (QED) is 0.0199. The summed E-state index contributed by atoms with van der Waals surface area (Å²) in [6.07, 6.45) is 71.9. The number of hydrogen-bond acceptors (Lipinski definition) is 6. The topological polar surface area (TPSA) is 78.9 Å². The Kier molecular flexibility index (Phi) is 49.1. The van der Waals surface area contributed by atoms with Gasteiger partial charge in [-0.05, 0) is 96.3 Å². The highest BCUT2D eigenvalue weighted by atomic mass is 16.6. The van der Waals surface area contributed by atoms with Crippen molar-refractivity contribution in [2.45, 2.75) is 219 Å². The number of esters is 3. The molecule has 0 saturated heterocycles. The van der Waals surface area contributed by atoms with Crippen LogP contribution < -0.4 is 0 Å². The molecule has 6 nitrogen and oxygen atoms in total. The molecule has 1 atom stereocenters. The van der Waals surface area contributed by atoms with Crippen LogP contribution in [0.2, 0.25) is 0 Å². The van der Waals surface area contributed by atoms with Crippen molar-refractivity contribution in [3.05, 3.63) is 122 Å². The maximum absolute atomic E-state index is 12.8. The Labute approximate surface area is 399 Å². The Morgan fingerprint density at radius 2 is 0.692 bits per heavy atom. The maximum Gasteiger partial charge on any atom is 0.306 e. The predicted molar refractivity (Wildman–Crippen MR) is 279 cm³/mol. The average Bonchev–Trinajstić information content (AvgIpc) is 3.30. The van der Waals surface area contributed by atoms with Crippen LogP contribution in [0.4, 0.5) is 0 Å². The van der Waals surface area contributed by atoms with E-state index in [0.717, 1.165) is 89.9 Å². The zero-order valence-electron chi connectivity index (χ0n) is 41.7. The number of carbonyl (C=O) groups is 3. The lowest BCUT2D eigenvalue weighted by atomic mass is 10.1. The Balaban J connectivity index is 4.54. The van der Waals surface area contributed by atoms with Crippen molar-refractivity contribution in [2.75, 3.05) is 13.2 Å². The molecular weight excluding hydrogens is 805 g/mol. The largest absolute Gasteiger partial charge is 0.462 e. The Hall–Kier alpha value is -4.19. The molecular formula is C59H94O6. The summed E-state index contributed by atoms with van der Waals surface area (Å²) < 4.78 is 16.7. The van der Waals surface area contributed by atoms with Gasteiger partial charge in [0, 0.05) is 19.3 Å². The number of unbranched alkanes of at least 4 members (excludes halogenated alkanes) is 18. The summed E-state index contributed by atoms with van der Waals surface area (Å²) in [6, 6.07) is 0. The molecule has 0 fully saturated rings. The average molecular weight is 899 g/mol. The Bertz CT molecular complexity index is 1400. The summed E-state index contributed by atoms with van der Waals surface area (Å²) in [5, 5.41) is 0. The molecule has 0 aliphatic heterocycles. The second-order valence-electron chi connectivity index (χ2n) is 16.8. The van der Waals surface area contributed by atoms with E-state index in [4.69, 9.17) is 14.2 Å². The molecule has 0 spiro atoms. The van der Waals surface area contributed by atoms with Gasteiger partial charge in [-0.15, -0.1) is 0 Å². The first kappa shape index (κ1) is 60.8. The molecule has 0 aromatic carbocycles. The molecule has 6 heteroatoms. The molecule has 0 aliphatic rings. The highest BCUT2D eigenvalue weighted by molar-refractivity contribution is 5.71. The molecule has 0 aromatic heterocycles. The van der Waals surface area contributed by atoms with Gasteiger partial charge < -0.3 is 14.2 Å². The first-order chi connectivity index (χ1) is 32.0. The van der Waals surface area contributed by atoms with Gasteiger partial charge in [0.05, 0.1) is 0 Å². The van der Waals surface area contributed by atoms with E-state index in [1.165, 1.54) is 70.6 Å². The monoisotopic (exact) mass is 899 g/mol. The summed E-state index contributed by atoms with van der Waals surface area (Å²) in [5.41, 5.74) is 0. The van der Waals surface area contributed by atoms with Crippen molar-refractivity contribution >= 4 is 17.9 Å². The lowest BCUT2D eigenvalue weighted by molar-refractivity contribution is -0.167. The smallest absolute Gasteiger partial charge is 0.306 e. The highest BCUT2D eigenvalue weighted by Gasteiger charge is 2.19. The molecule has 0 rings (SSSR count). The first-order valence-electron chi connectivity index (χ1n) is 26.1. The number of carbonyl (C=O) groups excluding carboxylic acids is 3. The van der Waals surface area contributed by atoms with Crippen LogP contribution in [0.1, 0.15) is 213 Å². The number of ether oxygens (including phenoxy) is 3. The van der Waals surface area contributed by atoms with Crippen LogP contribution >= 0.6 is 0 Å². The molecule has 0 amide bonds. The van der Waals surface area contributed by atoms with Gasteiger partial charge in [0.2, 0.25) is 0 Å². The van der Waals surface area contributed by atoms with Crippen LogP contribution in [0.25, 0.3) is 0 Å². The summed E-state index contributed by atoms with van der Waals surface area (Å²) in [5.74, 6) is -1.04. The van der Waals surface area contributed by atoms with E-state index >= 15 is 0 Å². The molecule has 0 N–H and O–H groups in total. The number of hydrogen-bond donors (Lipinski definition) is 0. The van der Waals surface area contributed by atoms with Gasteiger partial charge in [-0.2, -0.15) is 0 Å². The van der Waals surface area contributed by atoms with Gasteiger partial charge in [0.1, 0.15) is 13.2 Å². The zero-order chi connectivity index (χ0) is 47.2. The number of allylic oxidation sites excluding steroid dienone is 20. The van der Waals surface area contributed by atoms with Crippen LogP contribution in [0.15, 0.2) is 122 Å². The molecule has 0 bridgehead atoms. The molecule has 0 heterocycles. The minimum atomic E-state index is -0.830. The Morgan fingerprint density at radius 3 is 1.20 bits per heavy atom. The molecule has 65 heavy (non-hydrogen) atoms. The van der Waals surface area contributed by atoms with Crippen molar-refractivity contribution < 1.29 is 28.6 Å². The third-order valence-electron chi connectivity index (χ3n) is 10.6. The summed E-state index contributed by atoms with van der Waals surface area (Å²) >= 11 is 0. The van der Waals surface area contributed by atoms with Gasteiger partial charge in [-0.1, -0.05) is 219 Å². The third kappa shape index (κ3) is 50.7. The standard InChI is InChI=1S/C59H94O6/c1-4-7-10-13-16-19-22-25-27-29-30-32-34-37-40-43-46-49-52-58(61)64-55-56(54-63-57(60)51-48-45-42-39-36-33-24-21-18-15-12-9-6-3)65-59(62)53-50-47-44-41-38-35-31-28-26-23-20-17-14-11-8-5-2/h8-9,11-12,15,17-18,20-21,24,26,28,30,32-33,35-36,38-39,42,56H,4-7,10,13-14,16,19,22-23,25,27,29,31,34,37,40-41,43-55H2,1-3H3/b11-8+,12-9+,18-15+,20-17+,24-21+,28-26+,32-30+,36-33+,38-35+,42-39+. The highest BCUT2D eigenvalue weighted by Crippen LogP contribution is 2.13. The van der Waals surface area contributed by atoms with Crippen molar-refractivity contribution in [3.8, 4) is 0 Å². The minimum Gasteiger partial charge on any atom is -0.462 e. The number of rotatable bonds is 45. The fourth-order valence-corrected chi connectivity index (χ4v) is 6.69. The predicted octanol–water partition coefficient (Wildman–Crippen LogP) is 17.3. The summed E-state index contributed by atoms with van der Waals surface area (Å²) in [4.78, 5) is 38.0. The van der Waals surface area contributed by atoms with Crippen molar-refractivity contribution in [1.82, 2.24) is 0 Å². The van der Waals surface area contributed by atoms with E-state index in [9.17, 15) is 14.4 Å². The molecule has 366 valence electrons. The van der Waals surface area contributed by atoms with Crippen molar-refractivity contribution in [3.63, 3.8) is 0 Å². The van der Waals surface area contributed by atoms with Crippen molar-refractivity contribution in [1.29, 1.82) is 0 Å². The van der Waals surface area contributed by atoms with E-state index in [0.29, 0.717) is 19.3 Å². The van der Waals surface area contributed by atoms with Gasteiger partial charge in [0.15, 0.2) is 6.10 Å². The minimum absolute atomic E-state index is 0.121. The van der Waals surface area contributed by atoms with Gasteiger partial charge >= 0.3 is 17.9 Å². The summed E-state index contributed by atoms with van der Waals surface area (Å²) in [7, 11) is 0. The van der Waals surface area contributed by atoms with E-state index < -0.39 is 6.10 Å². The van der Waals surface area contributed by atoms with Gasteiger partial charge in [0.25, 0.3) is 0 Å². The summed E-state index contributed by atoms with van der Waals surface area (Å²) in [6.45, 7) is 6.27. The second kappa shape index (κ2) is 52.4. The SMILES string of the molecule is CC/C=C/C=C/C=C/C=C/C=C/CCCC(=O)OCC(COC(=O)CCCCCCC/C=C/CCCCCCCCCCC)OC(=O)CCCCC/C=C/C/C=C/C/C=C/C/C=C/CC. The molecule has 0 aliphatic carbocycles. The van der Waals surface area contributed by atoms with E-state index in [1.807, 2.05) is 54.7 Å². The normalized spacial score (nSPS) is 13.1. The fourth-order valence-electron chi connectivity index (χ4n) is 6.69. The van der Waals surface area contributed by atoms with E-state index in [-0.39, 0.29) is 44.0 Å². The first-order valence-corrected chi connectivity index (χ1v) is 26.1. The lowest BCUT2D eigenvalue weighted by Gasteiger charge is -2.18. The maximum atomic E-state index is 12.8. The zero-order valence-corrected chi connectivity index (χ0v) is 41.7. The third-order valence-corrected chi connectivity index (χ3v) is 10.6. The van der Waals surface area contributed by atoms with Crippen molar-refractivity contribution in [2.24, 2.45) is 0 Å². The van der Waals surface area contributed by atoms with Crippen LogP contribution in [-0.4, -0.2) is 37.2 Å². The molecule has 1 unspecified atom stereocenters. The molecule has 0 radical (unpaired) electrons. The fraction of sp³-hybridized carbons (Fsp3) is 0.610. The second-order valence-corrected chi connectivity index (χ2v) is 16.8. The van der Waals surface area contributed by atoms with Gasteiger partial charge in [-0.3, -0.25) is 14.4 Å². The van der Waals surface area contributed by atoms with Crippen LogP contribution in [0.3, 0.4) is 0 Å². The lowest BCUT2D eigenvalue weighted by Crippen LogP contribution is -2.30.